The Balaban J connectivity index is 2.44. The van der Waals surface area contributed by atoms with Crippen LogP contribution in [-0.2, 0) is 6.18 Å². The largest absolute Gasteiger partial charge is 0.416 e. The summed E-state index contributed by atoms with van der Waals surface area (Å²) >= 11 is 0. The minimum absolute atomic E-state index is 0.226. The smallest absolute Gasteiger partial charge is 0.368 e. The Morgan fingerprint density at radius 1 is 1.32 bits per heavy atom. The maximum absolute atomic E-state index is 12.8. The molecule has 2 rings (SSSR count). The van der Waals surface area contributed by atoms with Crippen LogP contribution in [-0.4, -0.2) is 12.6 Å². The van der Waals surface area contributed by atoms with Gasteiger partial charge in [-0.25, -0.2) is 0 Å². The van der Waals surface area contributed by atoms with Crippen molar-refractivity contribution in [1.29, 1.82) is 0 Å². The third-order valence-corrected chi connectivity index (χ3v) is 3.59. The molecule has 1 fully saturated rings. The number of hydrogen-bond donors (Lipinski definition) is 0. The standard InChI is InChI=1S/C15H16F3N/c1-3-12-7-8-13(15(16,17)18)10-14(12)19-9-5-4-6-11(19)2/h1,7-8,10-11H,4-6,9H2,2H3. The summed E-state index contributed by atoms with van der Waals surface area (Å²) in [5.74, 6) is 2.48. The second-order valence-corrected chi connectivity index (χ2v) is 4.91. The van der Waals surface area contributed by atoms with Gasteiger partial charge >= 0.3 is 6.18 Å². The fraction of sp³-hybridized carbons (Fsp3) is 0.467. The molecule has 102 valence electrons. The van der Waals surface area contributed by atoms with Gasteiger partial charge in [0.15, 0.2) is 0 Å². The normalized spacial score (nSPS) is 20.2. The quantitative estimate of drug-likeness (QED) is 0.693. The molecule has 0 amide bonds. The lowest BCUT2D eigenvalue weighted by Crippen LogP contribution is -2.38. The minimum atomic E-state index is -4.33. The Bertz CT molecular complexity index is 499. The molecule has 4 heteroatoms. The van der Waals surface area contributed by atoms with Crippen LogP contribution in [0.1, 0.15) is 37.3 Å². The molecule has 1 aliphatic rings. The molecule has 0 radical (unpaired) electrons. The molecular formula is C15H16F3N. The maximum Gasteiger partial charge on any atom is 0.416 e. The predicted octanol–water partition coefficient (Wildman–Crippen LogP) is 4.07. The van der Waals surface area contributed by atoms with Gasteiger partial charge in [0.1, 0.15) is 0 Å². The molecule has 1 atom stereocenters. The average molecular weight is 267 g/mol. The van der Waals surface area contributed by atoms with Gasteiger partial charge in [0, 0.05) is 18.2 Å². The molecule has 19 heavy (non-hydrogen) atoms. The number of hydrogen-bond acceptors (Lipinski definition) is 1. The van der Waals surface area contributed by atoms with E-state index in [1.807, 2.05) is 11.8 Å². The van der Waals surface area contributed by atoms with Crippen LogP contribution < -0.4 is 4.90 Å². The van der Waals surface area contributed by atoms with Crippen molar-refractivity contribution >= 4 is 5.69 Å². The highest BCUT2D eigenvalue weighted by Crippen LogP contribution is 2.35. The molecule has 0 saturated carbocycles. The Kier molecular flexibility index (Phi) is 3.75. The van der Waals surface area contributed by atoms with Gasteiger partial charge < -0.3 is 4.90 Å². The van der Waals surface area contributed by atoms with Gasteiger partial charge in [0.25, 0.3) is 0 Å². The second-order valence-electron chi connectivity index (χ2n) is 4.91. The zero-order chi connectivity index (χ0) is 14.0. The third kappa shape index (κ3) is 2.86. The zero-order valence-corrected chi connectivity index (χ0v) is 10.8. The summed E-state index contributed by atoms with van der Waals surface area (Å²) in [7, 11) is 0. The second kappa shape index (κ2) is 5.16. The number of nitrogens with zero attached hydrogens (tertiary/aromatic N) is 1. The monoisotopic (exact) mass is 267 g/mol. The van der Waals surface area contributed by atoms with Gasteiger partial charge in [-0.15, -0.1) is 6.42 Å². The Hall–Kier alpha value is -1.63. The van der Waals surface area contributed by atoms with Crippen molar-refractivity contribution in [3.63, 3.8) is 0 Å². The summed E-state index contributed by atoms with van der Waals surface area (Å²) in [6, 6.07) is 3.84. The Morgan fingerprint density at radius 3 is 2.63 bits per heavy atom. The van der Waals surface area contributed by atoms with Crippen molar-refractivity contribution in [3.8, 4) is 12.3 Å². The fourth-order valence-electron chi connectivity index (χ4n) is 2.52. The van der Waals surface area contributed by atoms with E-state index >= 15 is 0 Å². The van der Waals surface area contributed by atoms with E-state index in [0.717, 1.165) is 31.9 Å². The first-order valence-corrected chi connectivity index (χ1v) is 6.38. The number of alkyl halides is 3. The Morgan fingerprint density at radius 2 is 2.05 bits per heavy atom. The van der Waals surface area contributed by atoms with Crippen molar-refractivity contribution in [2.75, 3.05) is 11.4 Å². The van der Waals surface area contributed by atoms with E-state index in [-0.39, 0.29) is 6.04 Å². The highest BCUT2D eigenvalue weighted by molar-refractivity contribution is 5.62. The third-order valence-electron chi connectivity index (χ3n) is 3.59. The van der Waals surface area contributed by atoms with Crippen LogP contribution in [0.5, 0.6) is 0 Å². The van der Waals surface area contributed by atoms with Gasteiger partial charge in [0.05, 0.1) is 11.3 Å². The lowest BCUT2D eigenvalue weighted by molar-refractivity contribution is -0.137. The topological polar surface area (TPSA) is 3.24 Å². The van der Waals surface area contributed by atoms with Crippen LogP contribution in [0, 0.1) is 12.3 Å². The number of terminal acetylenes is 1. The summed E-state index contributed by atoms with van der Waals surface area (Å²) in [5.41, 5.74) is 0.422. The predicted molar refractivity (Wildman–Crippen MR) is 70.0 cm³/mol. The SMILES string of the molecule is C#Cc1ccc(C(F)(F)F)cc1N1CCCCC1C. The first kappa shape index (κ1) is 13.8. The van der Waals surface area contributed by atoms with Crippen molar-refractivity contribution in [2.24, 2.45) is 0 Å². The Labute approximate surface area is 111 Å². The molecule has 1 aromatic carbocycles. The van der Waals surface area contributed by atoms with Crippen LogP contribution in [0.25, 0.3) is 0 Å². The van der Waals surface area contributed by atoms with Gasteiger partial charge in [0.2, 0.25) is 0 Å². The molecule has 1 unspecified atom stereocenters. The van der Waals surface area contributed by atoms with Gasteiger partial charge in [-0.1, -0.05) is 5.92 Å². The number of benzene rings is 1. The van der Waals surface area contributed by atoms with E-state index in [1.165, 1.54) is 12.1 Å². The van der Waals surface area contributed by atoms with E-state index in [1.54, 1.807) is 0 Å². The van der Waals surface area contributed by atoms with E-state index in [4.69, 9.17) is 6.42 Å². The molecule has 0 bridgehead atoms. The summed E-state index contributed by atoms with van der Waals surface area (Å²) in [5, 5.41) is 0. The molecule has 0 aromatic heterocycles. The molecule has 1 nitrogen and oxygen atoms in total. The zero-order valence-electron chi connectivity index (χ0n) is 10.8. The molecule has 1 saturated heterocycles. The minimum Gasteiger partial charge on any atom is -0.368 e. The summed E-state index contributed by atoms with van der Waals surface area (Å²) < 4.78 is 38.4. The van der Waals surface area contributed by atoms with Crippen molar-refractivity contribution < 1.29 is 13.2 Å². The van der Waals surface area contributed by atoms with Gasteiger partial charge in [-0.2, -0.15) is 13.2 Å². The van der Waals surface area contributed by atoms with Crippen LogP contribution in [0.15, 0.2) is 18.2 Å². The highest BCUT2D eigenvalue weighted by Gasteiger charge is 2.32. The summed E-state index contributed by atoms with van der Waals surface area (Å²) in [6.45, 7) is 2.79. The molecular weight excluding hydrogens is 251 g/mol. The number of rotatable bonds is 1. The van der Waals surface area contributed by atoms with Crippen molar-refractivity contribution in [3.05, 3.63) is 29.3 Å². The number of halogens is 3. The molecule has 1 heterocycles. The first-order valence-electron chi connectivity index (χ1n) is 6.38. The van der Waals surface area contributed by atoms with E-state index < -0.39 is 11.7 Å². The maximum atomic E-state index is 12.8. The van der Waals surface area contributed by atoms with Crippen LogP contribution >= 0.6 is 0 Å². The highest BCUT2D eigenvalue weighted by atomic mass is 19.4. The van der Waals surface area contributed by atoms with E-state index in [0.29, 0.717) is 11.3 Å². The van der Waals surface area contributed by atoms with Crippen LogP contribution in [0.4, 0.5) is 18.9 Å². The molecule has 1 aliphatic heterocycles. The van der Waals surface area contributed by atoms with Gasteiger partial charge in [-0.05, 0) is 44.4 Å². The van der Waals surface area contributed by atoms with Crippen molar-refractivity contribution in [1.82, 2.24) is 0 Å². The molecule has 0 N–H and O–H groups in total. The van der Waals surface area contributed by atoms with E-state index in [9.17, 15) is 13.2 Å². The van der Waals surface area contributed by atoms with Crippen molar-refractivity contribution in [2.45, 2.75) is 38.4 Å². The first-order chi connectivity index (χ1) is 8.93. The fourth-order valence-corrected chi connectivity index (χ4v) is 2.52. The molecule has 0 spiro atoms. The van der Waals surface area contributed by atoms with Crippen LogP contribution in [0.2, 0.25) is 0 Å². The number of piperidine rings is 1. The summed E-state index contributed by atoms with van der Waals surface area (Å²) in [6.07, 6.45) is 4.16. The number of anilines is 1. The molecule has 0 aliphatic carbocycles. The average Bonchev–Trinajstić information content (AvgIpc) is 2.37. The van der Waals surface area contributed by atoms with Crippen LogP contribution in [0.3, 0.4) is 0 Å². The lowest BCUT2D eigenvalue weighted by Gasteiger charge is -2.36. The molecule has 1 aromatic rings. The van der Waals surface area contributed by atoms with E-state index in [2.05, 4.69) is 5.92 Å². The van der Waals surface area contributed by atoms with Gasteiger partial charge in [-0.3, -0.25) is 0 Å². The summed E-state index contributed by atoms with van der Waals surface area (Å²) in [4.78, 5) is 1.99. The lowest BCUT2D eigenvalue weighted by atomic mass is 10.00.